The van der Waals surface area contributed by atoms with E-state index in [1.807, 2.05) is 17.8 Å². The summed E-state index contributed by atoms with van der Waals surface area (Å²) in [5, 5.41) is 3.48. The Labute approximate surface area is 107 Å². The van der Waals surface area contributed by atoms with Crippen LogP contribution >= 0.6 is 11.8 Å². The molecule has 0 aromatic heterocycles. The summed E-state index contributed by atoms with van der Waals surface area (Å²) in [4.78, 5) is 1.28. The lowest BCUT2D eigenvalue weighted by Crippen LogP contribution is -2.18. The molecule has 1 unspecified atom stereocenters. The summed E-state index contributed by atoms with van der Waals surface area (Å²) in [7, 11) is 0. The van der Waals surface area contributed by atoms with Crippen LogP contribution in [-0.4, -0.2) is 25.0 Å². The molecule has 1 aromatic carbocycles. The highest BCUT2D eigenvalue weighted by molar-refractivity contribution is 7.99. The van der Waals surface area contributed by atoms with Gasteiger partial charge in [0.15, 0.2) is 0 Å². The Morgan fingerprint density at radius 3 is 3.12 bits per heavy atom. The lowest BCUT2D eigenvalue weighted by Gasteiger charge is -2.14. The molecule has 0 saturated carbocycles. The number of benzene rings is 1. The van der Waals surface area contributed by atoms with Crippen LogP contribution in [0.3, 0.4) is 0 Å². The monoisotopic (exact) mass is 249 g/mol. The molecule has 0 spiro atoms. The van der Waals surface area contributed by atoms with Crippen LogP contribution in [0.4, 0.5) is 5.69 Å². The Balaban J connectivity index is 1.91. The van der Waals surface area contributed by atoms with Crippen molar-refractivity contribution < 1.29 is 4.74 Å². The quantitative estimate of drug-likeness (QED) is 0.615. The van der Waals surface area contributed by atoms with Crippen molar-refractivity contribution in [3.63, 3.8) is 0 Å². The lowest BCUT2D eigenvalue weighted by atomic mass is 10.2. The van der Waals surface area contributed by atoms with Crippen LogP contribution < -0.4 is 5.32 Å². The third kappa shape index (κ3) is 3.79. The molecule has 0 radical (unpaired) electrons. The Morgan fingerprint density at radius 2 is 2.35 bits per heavy atom. The summed E-state index contributed by atoms with van der Waals surface area (Å²) in [6.45, 7) is 5.58. The highest BCUT2D eigenvalue weighted by Gasteiger charge is 2.15. The van der Waals surface area contributed by atoms with Gasteiger partial charge in [0.05, 0.1) is 6.10 Å². The third-order valence-corrected chi connectivity index (χ3v) is 3.86. The molecule has 0 aliphatic carbocycles. The minimum Gasteiger partial charge on any atom is -0.382 e. The molecular formula is C14H19NOS. The van der Waals surface area contributed by atoms with Crippen LogP contribution in [0.2, 0.25) is 0 Å². The van der Waals surface area contributed by atoms with Gasteiger partial charge in [-0.15, -0.1) is 18.3 Å². The maximum Gasteiger partial charge on any atom is 0.0748 e. The summed E-state index contributed by atoms with van der Waals surface area (Å²) in [6, 6.07) is 8.41. The van der Waals surface area contributed by atoms with E-state index in [2.05, 4.69) is 36.2 Å². The Morgan fingerprint density at radius 1 is 1.47 bits per heavy atom. The van der Waals surface area contributed by atoms with Gasteiger partial charge in [-0.1, -0.05) is 18.2 Å². The molecule has 2 nitrogen and oxygen atoms in total. The van der Waals surface area contributed by atoms with Crippen molar-refractivity contribution >= 4 is 17.4 Å². The number of hydrogen-bond acceptors (Lipinski definition) is 3. The predicted molar refractivity (Wildman–Crippen MR) is 74.8 cm³/mol. The van der Waals surface area contributed by atoms with Crippen LogP contribution in [0.5, 0.6) is 0 Å². The number of ether oxygens (including phenoxy) is 1. The molecule has 2 rings (SSSR count). The van der Waals surface area contributed by atoms with E-state index in [-0.39, 0.29) is 0 Å². The normalized spacial score (nSPS) is 19.2. The fourth-order valence-electron chi connectivity index (χ4n) is 1.92. The summed E-state index contributed by atoms with van der Waals surface area (Å²) >= 11 is 1.81. The van der Waals surface area contributed by atoms with E-state index in [9.17, 15) is 0 Å². The van der Waals surface area contributed by atoms with E-state index in [1.54, 1.807) is 0 Å². The van der Waals surface area contributed by atoms with E-state index in [4.69, 9.17) is 4.74 Å². The SMILES string of the molecule is C=CCSc1ccccc1NCC1CCCO1. The van der Waals surface area contributed by atoms with Crippen LogP contribution in [0.25, 0.3) is 0 Å². The van der Waals surface area contributed by atoms with Gasteiger partial charge in [-0.2, -0.15) is 0 Å². The van der Waals surface area contributed by atoms with Gasteiger partial charge in [0.1, 0.15) is 0 Å². The second-order valence-electron chi connectivity index (χ2n) is 4.11. The van der Waals surface area contributed by atoms with Crippen LogP contribution in [-0.2, 0) is 4.74 Å². The molecule has 0 amide bonds. The van der Waals surface area contributed by atoms with Gasteiger partial charge in [0.2, 0.25) is 0 Å². The van der Waals surface area contributed by atoms with E-state index < -0.39 is 0 Å². The van der Waals surface area contributed by atoms with E-state index in [1.165, 1.54) is 23.4 Å². The minimum absolute atomic E-state index is 0.382. The van der Waals surface area contributed by atoms with E-state index >= 15 is 0 Å². The first-order valence-electron chi connectivity index (χ1n) is 6.08. The average Bonchev–Trinajstić information content (AvgIpc) is 2.88. The van der Waals surface area contributed by atoms with Crippen molar-refractivity contribution in [3.8, 4) is 0 Å². The molecule has 1 atom stereocenters. The van der Waals surface area contributed by atoms with Crippen molar-refractivity contribution in [2.75, 3.05) is 24.2 Å². The number of hydrogen-bond donors (Lipinski definition) is 1. The zero-order valence-electron chi connectivity index (χ0n) is 10.0. The molecule has 1 aromatic rings. The number of nitrogens with one attached hydrogen (secondary N) is 1. The highest BCUT2D eigenvalue weighted by Crippen LogP contribution is 2.27. The average molecular weight is 249 g/mol. The number of rotatable bonds is 6. The van der Waals surface area contributed by atoms with E-state index in [0.717, 1.165) is 18.9 Å². The summed E-state index contributed by atoms with van der Waals surface area (Å²) in [6.07, 6.45) is 4.68. The summed E-state index contributed by atoms with van der Waals surface area (Å²) in [5.74, 6) is 0.943. The standard InChI is InChI=1S/C14H19NOS/c1-2-10-17-14-8-4-3-7-13(14)15-11-12-6-5-9-16-12/h2-4,7-8,12,15H,1,5-6,9-11H2. The molecule has 1 heterocycles. The highest BCUT2D eigenvalue weighted by atomic mass is 32.2. The van der Waals surface area contributed by atoms with Gasteiger partial charge in [0, 0.05) is 29.5 Å². The molecule has 0 bridgehead atoms. The predicted octanol–water partition coefficient (Wildman–Crippen LogP) is 3.56. The molecule has 1 aliphatic rings. The van der Waals surface area contributed by atoms with Crippen LogP contribution in [0.15, 0.2) is 41.8 Å². The number of para-hydroxylation sites is 1. The van der Waals surface area contributed by atoms with Gasteiger partial charge in [-0.05, 0) is 25.0 Å². The largest absolute Gasteiger partial charge is 0.382 e. The van der Waals surface area contributed by atoms with Crippen LogP contribution in [0.1, 0.15) is 12.8 Å². The van der Waals surface area contributed by atoms with Gasteiger partial charge < -0.3 is 10.1 Å². The first kappa shape index (κ1) is 12.5. The molecule has 17 heavy (non-hydrogen) atoms. The molecular weight excluding hydrogens is 230 g/mol. The maximum absolute atomic E-state index is 5.61. The number of anilines is 1. The zero-order chi connectivity index (χ0) is 11.9. The van der Waals surface area contributed by atoms with Crippen molar-refractivity contribution in [2.24, 2.45) is 0 Å². The van der Waals surface area contributed by atoms with Crippen LogP contribution in [0, 0.1) is 0 Å². The number of thioether (sulfide) groups is 1. The fourth-order valence-corrected chi connectivity index (χ4v) is 2.68. The third-order valence-electron chi connectivity index (χ3n) is 2.79. The lowest BCUT2D eigenvalue weighted by molar-refractivity contribution is 0.120. The Bertz CT molecular complexity index is 361. The molecule has 92 valence electrons. The maximum atomic E-state index is 5.61. The topological polar surface area (TPSA) is 21.3 Å². The van der Waals surface area contributed by atoms with Gasteiger partial charge in [0.25, 0.3) is 0 Å². The Kier molecular flexibility index (Phi) is 4.95. The van der Waals surface area contributed by atoms with Gasteiger partial charge >= 0.3 is 0 Å². The second kappa shape index (κ2) is 6.72. The molecule has 3 heteroatoms. The first-order valence-corrected chi connectivity index (χ1v) is 7.07. The van der Waals surface area contributed by atoms with E-state index in [0.29, 0.717) is 6.10 Å². The molecule has 1 fully saturated rings. The minimum atomic E-state index is 0.382. The first-order chi connectivity index (χ1) is 8.40. The summed E-state index contributed by atoms with van der Waals surface area (Å²) in [5.41, 5.74) is 1.20. The van der Waals surface area contributed by atoms with Gasteiger partial charge in [-0.3, -0.25) is 0 Å². The smallest absolute Gasteiger partial charge is 0.0748 e. The van der Waals surface area contributed by atoms with Crippen molar-refractivity contribution in [1.82, 2.24) is 0 Å². The molecule has 1 aliphatic heterocycles. The van der Waals surface area contributed by atoms with Crippen molar-refractivity contribution in [1.29, 1.82) is 0 Å². The second-order valence-corrected chi connectivity index (χ2v) is 5.17. The van der Waals surface area contributed by atoms with Gasteiger partial charge in [-0.25, -0.2) is 0 Å². The summed E-state index contributed by atoms with van der Waals surface area (Å²) < 4.78 is 5.61. The molecule has 1 saturated heterocycles. The van der Waals surface area contributed by atoms with Crippen molar-refractivity contribution in [2.45, 2.75) is 23.8 Å². The van der Waals surface area contributed by atoms with Crippen molar-refractivity contribution in [3.05, 3.63) is 36.9 Å². The molecule has 1 N–H and O–H groups in total. The Hall–Kier alpha value is -0.930. The fraction of sp³-hybridized carbons (Fsp3) is 0.429. The zero-order valence-corrected chi connectivity index (χ0v) is 10.8.